The zero-order valence-electron chi connectivity index (χ0n) is 18.8. The Bertz CT molecular complexity index is 1540. The minimum atomic E-state index is -4.94. The maximum absolute atomic E-state index is 13.5. The zero-order chi connectivity index (χ0) is 27.2. The number of alkyl halides is 3. The molecule has 0 fully saturated rings. The van der Waals surface area contributed by atoms with E-state index in [2.05, 4.69) is 4.85 Å². The maximum atomic E-state index is 13.5. The van der Waals surface area contributed by atoms with E-state index in [9.17, 15) is 40.2 Å². The summed E-state index contributed by atoms with van der Waals surface area (Å²) in [6.45, 7) is 9.37. The van der Waals surface area contributed by atoms with Crippen LogP contribution in [0.25, 0.3) is 10.5 Å². The van der Waals surface area contributed by atoms with Gasteiger partial charge in [-0.25, -0.2) is 4.85 Å². The Kier molecular flexibility index (Phi) is 5.21. The predicted molar refractivity (Wildman–Crippen MR) is 115 cm³/mol. The van der Waals surface area contributed by atoms with Crippen molar-refractivity contribution in [1.29, 1.82) is 0 Å². The normalized spacial score (nSPS) is 23.5. The molecule has 2 aliphatic heterocycles. The summed E-state index contributed by atoms with van der Waals surface area (Å²) in [7, 11) is -8.60. The largest absolute Gasteiger partial charge is 0.494 e. The third-order valence-corrected chi connectivity index (χ3v) is 6.63. The first-order valence-corrected chi connectivity index (χ1v) is 13.4. The van der Waals surface area contributed by atoms with Gasteiger partial charge in [0.1, 0.15) is 0 Å². The fourth-order valence-electron chi connectivity index (χ4n) is 4.48. The van der Waals surface area contributed by atoms with Gasteiger partial charge in [0.05, 0.1) is 41.5 Å². The lowest BCUT2D eigenvalue weighted by atomic mass is 9.83. The van der Waals surface area contributed by atoms with Crippen LogP contribution in [-0.4, -0.2) is 44.1 Å². The second-order valence-electron chi connectivity index (χ2n) is 8.45. The molecular formula is C20H17F3N2O9S2. The van der Waals surface area contributed by atoms with E-state index < -0.39 is 77.8 Å². The van der Waals surface area contributed by atoms with Crippen LogP contribution in [0.3, 0.4) is 0 Å². The van der Waals surface area contributed by atoms with Gasteiger partial charge in [-0.15, -0.1) is 0 Å². The molecule has 1 aromatic carbocycles. The minimum absolute atomic E-state index is 0.287. The predicted octanol–water partition coefficient (Wildman–Crippen LogP) is 3.10. The van der Waals surface area contributed by atoms with E-state index in [1.165, 1.54) is 13.8 Å². The average Bonchev–Trinajstić information content (AvgIpc) is 3.20. The molecule has 2 aliphatic rings. The van der Waals surface area contributed by atoms with Crippen molar-refractivity contribution in [3.05, 3.63) is 57.8 Å². The number of aromatic nitrogens is 1. The molecule has 11 nitrogen and oxygen atoms in total. The third-order valence-electron chi connectivity index (χ3n) is 5.69. The maximum Gasteiger partial charge on any atom is 0.407 e. The van der Waals surface area contributed by atoms with Crippen LogP contribution < -0.4 is 0 Å². The molecule has 0 amide bonds. The highest BCUT2D eigenvalue weighted by Gasteiger charge is 2.68. The van der Waals surface area contributed by atoms with Crippen LogP contribution in [0.4, 0.5) is 18.9 Å². The third kappa shape index (κ3) is 3.65. The number of hydrogen-bond acceptors (Lipinski definition) is 9. The Balaban J connectivity index is 2.02. The van der Waals surface area contributed by atoms with E-state index in [0.29, 0.717) is 23.1 Å². The average molecular weight is 550 g/mol. The van der Waals surface area contributed by atoms with E-state index in [-0.39, 0.29) is 11.1 Å². The van der Waals surface area contributed by atoms with E-state index in [1.54, 1.807) is 0 Å². The van der Waals surface area contributed by atoms with Crippen molar-refractivity contribution in [3.8, 4) is 17.4 Å². The van der Waals surface area contributed by atoms with Crippen molar-refractivity contribution in [3.63, 3.8) is 0 Å². The van der Waals surface area contributed by atoms with Crippen molar-refractivity contribution >= 4 is 25.9 Å². The second kappa shape index (κ2) is 7.31. The van der Waals surface area contributed by atoms with Crippen molar-refractivity contribution in [2.75, 3.05) is 12.5 Å². The van der Waals surface area contributed by atoms with Crippen LogP contribution in [0.5, 0.6) is 11.8 Å². The lowest BCUT2D eigenvalue weighted by molar-refractivity contribution is -0.136. The highest BCUT2D eigenvalue weighted by molar-refractivity contribution is 7.86. The molecule has 0 aliphatic carbocycles. The molecule has 36 heavy (non-hydrogen) atoms. The van der Waals surface area contributed by atoms with Crippen LogP contribution in [0, 0.1) is 6.57 Å². The molecule has 2 unspecified atom stereocenters. The van der Waals surface area contributed by atoms with Crippen LogP contribution in [0.2, 0.25) is 0 Å². The molecule has 0 spiro atoms. The molecule has 2 bridgehead atoms. The Morgan fingerprint density at radius 1 is 0.972 bits per heavy atom. The minimum Gasteiger partial charge on any atom is -0.494 e. The second-order valence-corrected chi connectivity index (χ2v) is 11.6. The highest BCUT2D eigenvalue weighted by Crippen LogP contribution is 2.67. The quantitative estimate of drug-likeness (QED) is 0.424. The first-order valence-electron chi connectivity index (χ1n) is 9.75. The fourth-order valence-corrected chi connectivity index (χ4v) is 5.56. The summed E-state index contributed by atoms with van der Waals surface area (Å²) in [6.07, 6.45) is -3.61. The molecule has 3 heterocycles. The lowest BCUT2D eigenvalue weighted by Crippen LogP contribution is -2.27. The van der Waals surface area contributed by atoms with Gasteiger partial charge in [0.2, 0.25) is 11.8 Å². The number of benzene rings is 1. The number of ether oxygens (including phenoxy) is 1. The van der Waals surface area contributed by atoms with Gasteiger partial charge in [-0.05, 0) is 26.0 Å². The number of rotatable bonds is 5. The van der Waals surface area contributed by atoms with Crippen LogP contribution >= 0.6 is 0 Å². The van der Waals surface area contributed by atoms with Gasteiger partial charge in [0, 0.05) is 0 Å². The number of hydrogen-bond donors (Lipinski definition) is 2. The van der Waals surface area contributed by atoms with Crippen molar-refractivity contribution in [2.24, 2.45) is 0 Å². The van der Waals surface area contributed by atoms with Crippen molar-refractivity contribution in [2.45, 2.75) is 31.2 Å². The molecule has 2 aromatic rings. The molecule has 16 heteroatoms. The number of fused-ring (bicyclic) bond motifs is 5. The SMILES string of the molecule is [C-]#[N+]c1ccc(-n2c(O)c3c(c2O)C2(C)OC3(C)C(OS(C)(=O)=O)=C2OS(C)(=O)=O)cc1C(F)(F)F. The molecule has 194 valence electrons. The zero-order valence-corrected chi connectivity index (χ0v) is 20.5. The summed E-state index contributed by atoms with van der Waals surface area (Å²) >= 11 is 0. The van der Waals surface area contributed by atoms with E-state index in [1.807, 2.05) is 0 Å². The van der Waals surface area contributed by atoms with Crippen LogP contribution in [-0.2, 0) is 50.7 Å². The highest BCUT2D eigenvalue weighted by atomic mass is 32.2. The van der Waals surface area contributed by atoms with E-state index in [0.717, 1.165) is 12.1 Å². The molecule has 2 N–H and O–H groups in total. The number of nitrogens with zero attached hydrogens (tertiary/aromatic N) is 2. The first-order chi connectivity index (χ1) is 16.2. The van der Waals surface area contributed by atoms with E-state index in [4.69, 9.17) is 19.7 Å². The van der Waals surface area contributed by atoms with Gasteiger partial charge in [0.25, 0.3) is 0 Å². The van der Waals surface area contributed by atoms with Gasteiger partial charge in [-0.2, -0.15) is 30.0 Å². The fraction of sp³-hybridized carbons (Fsp3) is 0.350. The standard InChI is InChI=1S/C20H17F3N2O9S2/c1-18-12-13(19(2,34-18)15(33-36(5,30)31)14(18)32-35(4,28)29)17(27)25(16(12)26)9-6-7-11(24-3)10(8-9)20(21,22)23/h6-8,26-27H,1-2,4-5H3. The molecular weight excluding hydrogens is 533 g/mol. The number of aromatic hydroxyl groups is 2. The van der Waals surface area contributed by atoms with Gasteiger partial charge in [0.15, 0.2) is 28.4 Å². The van der Waals surface area contributed by atoms with E-state index >= 15 is 0 Å². The Morgan fingerprint density at radius 3 is 1.78 bits per heavy atom. The van der Waals surface area contributed by atoms with Crippen LogP contribution in [0.1, 0.15) is 30.5 Å². The molecule has 0 saturated heterocycles. The van der Waals surface area contributed by atoms with Crippen molar-refractivity contribution < 1.29 is 53.3 Å². The smallest absolute Gasteiger partial charge is 0.407 e. The Morgan fingerprint density at radius 2 is 1.42 bits per heavy atom. The summed E-state index contributed by atoms with van der Waals surface area (Å²) in [5.41, 5.74) is -7.11. The van der Waals surface area contributed by atoms with Crippen LogP contribution in [0.15, 0.2) is 29.7 Å². The summed E-state index contributed by atoms with van der Waals surface area (Å²) in [5.74, 6) is -3.00. The molecule has 1 aromatic heterocycles. The molecule has 0 saturated carbocycles. The molecule has 2 atom stereocenters. The van der Waals surface area contributed by atoms with Gasteiger partial charge in [-0.3, -0.25) is 4.57 Å². The van der Waals surface area contributed by atoms with Gasteiger partial charge >= 0.3 is 26.4 Å². The summed E-state index contributed by atoms with van der Waals surface area (Å²) in [6, 6.07) is 2.42. The number of halogens is 3. The summed E-state index contributed by atoms with van der Waals surface area (Å²) in [4.78, 5) is 2.83. The lowest BCUT2D eigenvalue weighted by Gasteiger charge is -2.24. The Hall–Kier alpha value is -3.42. The Labute approximate surface area is 203 Å². The van der Waals surface area contributed by atoms with Gasteiger partial charge < -0.3 is 23.3 Å². The monoisotopic (exact) mass is 550 g/mol. The molecule has 4 rings (SSSR count). The van der Waals surface area contributed by atoms with Crippen molar-refractivity contribution in [1.82, 2.24) is 4.57 Å². The summed E-state index contributed by atoms with van der Waals surface area (Å²) in [5, 5.41) is 22.1. The van der Waals surface area contributed by atoms with Gasteiger partial charge in [-0.1, -0.05) is 6.07 Å². The first kappa shape index (κ1) is 25.7. The topological polar surface area (TPSA) is 146 Å². The summed E-state index contributed by atoms with van der Waals surface area (Å²) < 4.78 is 105. The molecule has 0 radical (unpaired) electrons.